The molecule has 0 spiro atoms. The third kappa shape index (κ3) is 6.54. The lowest BCUT2D eigenvalue weighted by molar-refractivity contribution is 0.0177. The van der Waals surface area contributed by atoms with E-state index in [-0.39, 0.29) is 11.6 Å². The predicted octanol–water partition coefficient (Wildman–Crippen LogP) is 1.88. The first kappa shape index (κ1) is 14.9. The molecule has 0 saturated heterocycles. The van der Waals surface area contributed by atoms with Crippen molar-refractivity contribution in [2.75, 3.05) is 46.8 Å². The Morgan fingerprint density at radius 3 is 2.17 bits per heavy atom. The number of para-hydroxylation sites is 1. The van der Waals surface area contributed by atoms with E-state index in [0.29, 0.717) is 39.6 Å². The van der Waals surface area contributed by atoms with Gasteiger partial charge < -0.3 is 18.9 Å². The normalized spacial score (nSPS) is 10.6. The molecule has 0 aromatic heterocycles. The smallest absolute Gasteiger partial charge is 0.165 e. The van der Waals surface area contributed by atoms with Crippen molar-refractivity contribution in [2.24, 2.45) is 0 Å². The number of ether oxygens (including phenoxy) is 4. The standard InChI is InChI=1S/C13H19FO4/c1-15-6-7-16-8-9-17-10-11-18-13-5-3-2-4-12(13)14/h2-5H,6-11H2,1H3. The van der Waals surface area contributed by atoms with E-state index in [2.05, 4.69) is 0 Å². The van der Waals surface area contributed by atoms with Crippen LogP contribution in [0, 0.1) is 5.82 Å². The molecule has 0 fully saturated rings. The van der Waals surface area contributed by atoms with Gasteiger partial charge in [0, 0.05) is 7.11 Å². The molecule has 18 heavy (non-hydrogen) atoms. The molecule has 1 rings (SSSR count). The molecular weight excluding hydrogens is 239 g/mol. The van der Waals surface area contributed by atoms with Crippen LogP contribution in [0.1, 0.15) is 0 Å². The first-order chi connectivity index (χ1) is 8.84. The molecule has 0 aliphatic carbocycles. The van der Waals surface area contributed by atoms with Crippen LogP contribution in [0.4, 0.5) is 4.39 Å². The molecule has 0 heterocycles. The third-order valence-corrected chi connectivity index (χ3v) is 2.13. The highest BCUT2D eigenvalue weighted by atomic mass is 19.1. The van der Waals surface area contributed by atoms with Crippen LogP contribution in [0.3, 0.4) is 0 Å². The first-order valence-corrected chi connectivity index (χ1v) is 5.86. The average molecular weight is 258 g/mol. The molecule has 0 aliphatic heterocycles. The van der Waals surface area contributed by atoms with Crippen LogP contribution in [-0.4, -0.2) is 46.8 Å². The van der Waals surface area contributed by atoms with Crippen molar-refractivity contribution in [2.45, 2.75) is 0 Å². The van der Waals surface area contributed by atoms with Gasteiger partial charge in [-0.05, 0) is 12.1 Å². The van der Waals surface area contributed by atoms with E-state index in [1.54, 1.807) is 25.3 Å². The second-order valence-electron chi connectivity index (χ2n) is 3.50. The number of benzene rings is 1. The first-order valence-electron chi connectivity index (χ1n) is 5.86. The Hall–Kier alpha value is -1.17. The van der Waals surface area contributed by atoms with Crippen molar-refractivity contribution in [1.82, 2.24) is 0 Å². The second kappa shape index (κ2) is 9.82. The second-order valence-corrected chi connectivity index (χ2v) is 3.50. The summed E-state index contributed by atoms with van der Waals surface area (Å²) in [5, 5.41) is 0. The lowest BCUT2D eigenvalue weighted by Crippen LogP contribution is -2.12. The zero-order chi connectivity index (χ0) is 13.1. The van der Waals surface area contributed by atoms with Crippen LogP contribution in [0.15, 0.2) is 24.3 Å². The van der Waals surface area contributed by atoms with Gasteiger partial charge >= 0.3 is 0 Å². The molecule has 1 aromatic rings. The largest absolute Gasteiger partial charge is 0.488 e. The number of rotatable bonds is 10. The Morgan fingerprint density at radius 2 is 1.50 bits per heavy atom. The summed E-state index contributed by atoms with van der Waals surface area (Å²) in [7, 11) is 1.62. The highest BCUT2D eigenvalue weighted by Crippen LogP contribution is 2.14. The molecule has 4 nitrogen and oxygen atoms in total. The Bertz CT molecular complexity index is 320. The predicted molar refractivity (Wildman–Crippen MR) is 65.4 cm³/mol. The van der Waals surface area contributed by atoms with E-state index in [1.165, 1.54) is 6.07 Å². The summed E-state index contributed by atoms with van der Waals surface area (Å²) >= 11 is 0. The maximum Gasteiger partial charge on any atom is 0.165 e. The lowest BCUT2D eigenvalue weighted by atomic mass is 10.3. The summed E-state index contributed by atoms with van der Waals surface area (Å²) < 4.78 is 33.7. The van der Waals surface area contributed by atoms with Crippen molar-refractivity contribution < 1.29 is 23.3 Å². The molecule has 102 valence electrons. The van der Waals surface area contributed by atoms with Gasteiger partial charge in [0.1, 0.15) is 6.61 Å². The molecule has 0 atom stereocenters. The van der Waals surface area contributed by atoms with E-state index in [4.69, 9.17) is 18.9 Å². The topological polar surface area (TPSA) is 36.9 Å². The zero-order valence-electron chi connectivity index (χ0n) is 10.6. The van der Waals surface area contributed by atoms with Crippen LogP contribution in [0.5, 0.6) is 5.75 Å². The summed E-state index contributed by atoms with van der Waals surface area (Å²) in [4.78, 5) is 0. The molecule has 5 heteroatoms. The van der Waals surface area contributed by atoms with Crippen molar-refractivity contribution in [3.05, 3.63) is 30.1 Å². The van der Waals surface area contributed by atoms with Crippen molar-refractivity contribution in [1.29, 1.82) is 0 Å². The van der Waals surface area contributed by atoms with Crippen molar-refractivity contribution in [3.8, 4) is 5.75 Å². The number of methoxy groups -OCH3 is 1. The minimum Gasteiger partial charge on any atom is -0.488 e. The molecule has 0 radical (unpaired) electrons. The van der Waals surface area contributed by atoms with E-state index in [0.717, 1.165) is 0 Å². The van der Waals surface area contributed by atoms with Gasteiger partial charge in [-0.3, -0.25) is 0 Å². The van der Waals surface area contributed by atoms with Gasteiger partial charge in [-0.2, -0.15) is 0 Å². The molecule has 0 amide bonds. The Balaban J connectivity index is 1.94. The maximum absolute atomic E-state index is 13.1. The minimum absolute atomic E-state index is 0.248. The van der Waals surface area contributed by atoms with Crippen LogP contribution in [0.2, 0.25) is 0 Å². The van der Waals surface area contributed by atoms with Crippen molar-refractivity contribution in [3.63, 3.8) is 0 Å². The van der Waals surface area contributed by atoms with Gasteiger partial charge in [-0.25, -0.2) is 4.39 Å². The Morgan fingerprint density at radius 1 is 0.889 bits per heavy atom. The summed E-state index contributed by atoms with van der Waals surface area (Å²) in [6.07, 6.45) is 0. The Kier molecular flexibility index (Phi) is 8.12. The lowest BCUT2D eigenvalue weighted by Gasteiger charge is -2.08. The van der Waals surface area contributed by atoms with Gasteiger partial charge in [0.15, 0.2) is 11.6 Å². The molecule has 0 aliphatic rings. The van der Waals surface area contributed by atoms with E-state index < -0.39 is 0 Å². The SMILES string of the molecule is COCCOCCOCCOc1ccccc1F. The third-order valence-electron chi connectivity index (χ3n) is 2.13. The fourth-order valence-electron chi connectivity index (χ4n) is 1.24. The molecule has 0 unspecified atom stereocenters. The van der Waals surface area contributed by atoms with Gasteiger partial charge in [0.2, 0.25) is 0 Å². The van der Waals surface area contributed by atoms with E-state index in [1.807, 2.05) is 0 Å². The highest BCUT2D eigenvalue weighted by Gasteiger charge is 2.00. The number of halogens is 1. The summed E-state index contributed by atoms with van der Waals surface area (Å²) in [6.45, 7) is 2.87. The average Bonchev–Trinajstić information content (AvgIpc) is 2.39. The summed E-state index contributed by atoms with van der Waals surface area (Å²) in [5.41, 5.74) is 0. The van der Waals surface area contributed by atoms with Crippen LogP contribution >= 0.6 is 0 Å². The number of hydrogen-bond donors (Lipinski definition) is 0. The maximum atomic E-state index is 13.1. The monoisotopic (exact) mass is 258 g/mol. The highest BCUT2D eigenvalue weighted by molar-refractivity contribution is 5.23. The van der Waals surface area contributed by atoms with Gasteiger partial charge in [0.05, 0.1) is 33.0 Å². The fourth-order valence-corrected chi connectivity index (χ4v) is 1.24. The molecular formula is C13H19FO4. The molecule has 0 bridgehead atoms. The van der Waals surface area contributed by atoms with Gasteiger partial charge in [0.25, 0.3) is 0 Å². The van der Waals surface area contributed by atoms with Crippen LogP contribution < -0.4 is 4.74 Å². The van der Waals surface area contributed by atoms with Crippen LogP contribution in [-0.2, 0) is 14.2 Å². The molecule has 1 aromatic carbocycles. The van der Waals surface area contributed by atoms with Crippen molar-refractivity contribution >= 4 is 0 Å². The number of hydrogen-bond acceptors (Lipinski definition) is 4. The summed E-state index contributed by atoms with van der Waals surface area (Å²) in [5.74, 6) is -0.113. The molecule has 0 N–H and O–H groups in total. The summed E-state index contributed by atoms with van der Waals surface area (Å²) in [6, 6.07) is 6.29. The van der Waals surface area contributed by atoms with Crippen LogP contribution in [0.25, 0.3) is 0 Å². The Labute approximate surface area is 107 Å². The van der Waals surface area contributed by atoms with E-state index >= 15 is 0 Å². The van der Waals surface area contributed by atoms with Gasteiger partial charge in [-0.15, -0.1) is 0 Å². The molecule has 0 saturated carbocycles. The fraction of sp³-hybridized carbons (Fsp3) is 0.538. The zero-order valence-corrected chi connectivity index (χ0v) is 10.6. The minimum atomic E-state index is -0.361. The van der Waals surface area contributed by atoms with E-state index in [9.17, 15) is 4.39 Å². The van der Waals surface area contributed by atoms with Gasteiger partial charge in [-0.1, -0.05) is 12.1 Å². The quantitative estimate of drug-likeness (QED) is 0.600.